The molecule has 3 amide bonds. The van der Waals surface area contributed by atoms with E-state index in [1.807, 2.05) is 11.0 Å². The topological polar surface area (TPSA) is 64.7 Å². The lowest BCUT2D eigenvalue weighted by atomic mass is 10.3. The van der Waals surface area contributed by atoms with Gasteiger partial charge in [0.05, 0.1) is 12.2 Å². The maximum Gasteiger partial charge on any atom is 0.326 e. The molecule has 0 atom stereocenters. The van der Waals surface area contributed by atoms with Crippen molar-refractivity contribution < 1.29 is 14.0 Å². The quantitative estimate of drug-likeness (QED) is 0.841. The molecule has 0 bridgehead atoms. The number of halogens is 1. The van der Waals surface area contributed by atoms with Gasteiger partial charge in [0.1, 0.15) is 5.82 Å². The van der Waals surface area contributed by atoms with Gasteiger partial charge in [-0.25, -0.2) is 9.18 Å². The summed E-state index contributed by atoms with van der Waals surface area (Å²) in [6, 6.07) is 9.26. The number of thiophene rings is 1. The molecule has 2 heterocycles. The molecule has 1 aliphatic rings. The molecule has 138 valence electrons. The largest absolute Gasteiger partial charge is 0.326 e. The number of carbonyl (C=O) groups excluding carboxylic acids is 2. The monoisotopic (exact) mass is 376 g/mol. The molecule has 1 fully saturated rings. The second-order valence-corrected chi connectivity index (χ2v) is 7.15. The first-order valence-electron chi connectivity index (χ1n) is 8.42. The number of piperazine rings is 1. The minimum Gasteiger partial charge on any atom is -0.305 e. The standard InChI is InChI=1S/C18H21FN4O2S/c19-15-5-1-2-6-16(15)20-18(25)21-17(24)13-23-9-7-22(8-10-23)12-14-4-3-11-26-14/h1-6,11H,7-10,12-13H2,(H2,20,21,24,25). The van der Waals surface area contributed by atoms with Crippen molar-refractivity contribution in [2.24, 2.45) is 0 Å². The van der Waals surface area contributed by atoms with Gasteiger partial charge in [-0.1, -0.05) is 18.2 Å². The van der Waals surface area contributed by atoms with Crippen molar-refractivity contribution in [3.63, 3.8) is 0 Å². The molecule has 26 heavy (non-hydrogen) atoms. The van der Waals surface area contributed by atoms with Crippen LogP contribution in [0, 0.1) is 5.82 Å². The Hall–Kier alpha value is -2.29. The third-order valence-electron chi connectivity index (χ3n) is 4.17. The van der Waals surface area contributed by atoms with Crippen molar-refractivity contribution in [1.29, 1.82) is 0 Å². The second-order valence-electron chi connectivity index (χ2n) is 6.11. The molecule has 1 aromatic heterocycles. The molecular formula is C18H21FN4O2S. The van der Waals surface area contributed by atoms with Gasteiger partial charge in [0.25, 0.3) is 0 Å². The van der Waals surface area contributed by atoms with Crippen molar-refractivity contribution >= 4 is 29.0 Å². The van der Waals surface area contributed by atoms with Crippen LogP contribution in [0.5, 0.6) is 0 Å². The first kappa shape index (κ1) is 18.5. The van der Waals surface area contributed by atoms with Crippen molar-refractivity contribution in [2.45, 2.75) is 6.54 Å². The van der Waals surface area contributed by atoms with Gasteiger partial charge < -0.3 is 5.32 Å². The molecule has 1 aliphatic heterocycles. The molecule has 0 radical (unpaired) electrons. The zero-order chi connectivity index (χ0) is 18.4. The first-order valence-corrected chi connectivity index (χ1v) is 9.30. The highest BCUT2D eigenvalue weighted by Crippen LogP contribution is 2.14. The van der Waals surface area contributed by atoms with Gasteiger partial charge in [-0.2, -0.15) is 0 Å². The van der Waals surface area contributed by atoms with Gasteiger partial charge in [-0.3, -0.25) is 19.9 Å². The fourth-order valence-corrected chi connectivity index (χ4v) is 3.56. The lowest BCUT2D eigenvalue weighted by molar-refractivity contribution is -0.121. The maximum atomic E-state index is 13.5. The molecule has 1 saturated heterocycles. The molecule has 0 saturated carbocycles. The van der Waals surface area contributed by atoms with Crippen LogP contribution in [0.2, 0.25) is 0 Å². The lowest BCUT2D eigenvalue weighted by Gasteiger charge is -2.33. The molecule has 0 aliphatic carbocycles. The predicted molar refractivity (Wildman–Crippen MR) is 99.6 cm³/mol. The Labute approximate surface area is 155 Å². The zero-order valence-electron chi connectivity index (χ0n) is 14.3. The van der Waals surface area contributed by atoms with Crippen molar-refractivity contribution in [1.82, 2.24) is 15.1 Å². The van der Waals surface area contributed by atoms with E-state index < -0.39 is 17.8 Å². The van der Waals surface area contributed by atoms with Crippen molar-refractivity contribution in [3.8, 4) is 0 Å². The van der Waals surface area contributed by atoms with E-state index in [4.69, 9.17) is 0 Å². The third kappa shape index (κ3) is 5.35. The third-order valence-corrected chi connectivity index (χ3v) is 5.03. The lowest BCUT2D eigenvalue weighted by Crippen LogP contribution is -2.50. The molecule has 8 heteroatoms. The summed E-state index contributed by atoms with van der Waals surface area (Å²) in [4.78, 5) is 29.5. The Morgan fingerprint density at radius 3 is 2.46 bits per heavy atom. The van der Waals surface area contributed by atoms with Crippen LogP contribution in [0.3, 0.4) is 0 Å². The number of hydrogen-bond acceptors (Lipinski definition) is 5. The van der Waals surface area contributed by atoms with Crippen LogP contribution < -0.4 is 10.6 Å². The van der Waals surface area contributed by atoms with Crippen LogP contribution in [0.4, 0.5) is 14.9 Å². The van der Waals surface area contributed by atoms with Gasteiger partial charge in [0.2, 0.25) is 5.91 Å². The van der Waals surface area contributed by atoms with Crippen LogP contribution in [0.15, 0.2) is 41.8 Å². The van der Waals surface area contributed by atoms with Crippen molar-refractivity contribution in [2.75, 3.05) is 38.0 Å². The van der Waals surface area contributed by atoms with Gasteiger partial charge in [-0.15, -0.1) is 11.3 Å². The molecule has 2 aromatic rings. The highest BCUT2D eigenvalue weighted by Gasteiger charge is 2.20. The zero-order valence-corrected chi connectivity index (χ0v) is 15.1. The number of amides is 3. The average molecular weight is 376 g/mol. The Balaban J connectivity index is 1.38. The van der Waals surface area contributed by atoms with Crippen LogP contribution in [0.25, 0.3) is 0 Å². The van der Waals surface area contributed by atoms with Gasteiger partial charge in [0.15, 0.2) is 0 Å². The minimum atomic E-state index is -0.726. The number of carbonyl (C=O) groups is 2. The summed E-state index contributed by atoms with van der Waals surface area (Å²) in [6.45, 7) is 4.39. The van der Waals surface area contributed by atoms with Crippen LogP contribution >= 0.6 is 11.3 Å². The van der Waals surface area contributed by atoms with Crippen LogP contribution in [-0.2, 0) is 11.3 Å². The number of urea groups is 1. The summed E-state index contributed by atoms with van der Waals surface area (Å²) in [5, 5.41) is 6.65. The summed E-state index contributed by atoms with van der Waals surface area (Å²) < 4.78 is 13.5. The fraction of sp³-hybridized carbons (Fsp3) is 0.333. The summed E-state index contributed by atoms with van der Waals surface area (Å²) in [6.07, 6.45) is 0. The Morgan fingerprint density at radius 2 is 1.77 bits per heavy atom. The Bertz CT molecular complexity index is 745. The molecule has 6 nitrogen and oxygen atoms in total. The Morgan fingerprint density at radius 1 is 1.04 bits per heavy atom. The molecular weight excluding hydrogens is 355 g/mol. The summed E-state index contributed by atoms with van der Waals surface area (Å²) in [7, 11) is 0. The Kier molecular flexibility index (Phi) is 6.32. The molecule has 2 N–H and O–H groups in total. The SMILES string of the molecule is O=C(CN1CCN(Cc2cccs2)CC1)NC(=O)Nc1ccccc1F. The number of rotatable bonds is 5. The van der Waals surface area contributed by atoms with E-state index in [-0.39, 0.29) is 12.2 Å². The predicted octanol–water partition coefficient (Wildman–Crippen LogP) is 2.35. The summed E-state index contributed by atoms with van der Waals surface area (Å²) in [5.74, 6) is -0.942. The van der Waals surface area contributed by atoms with Crippen LogP contribution in [0.1, 0.15) is 4.88 Å². The van der Waals surface area contributed by atoms with Gasteiger partial charge >= 0.3 is 6.03 Å². The summed E-state index contributed by atoms with van der Waals surface area (Å²) >= 11 is 1.75. The number of nitrogens with one attached hydrogen (secondary N) is 2. The number of nitrogens with zero attached hydrogens (tertiary/aromatic N) is 2. The first-order chi connectivity index (χ1) is 12.6. The number of benzene rings is 1. The maximum absolute atomic E-state index is 13.5. The average Bonchev–Trinajstić information content (AvgIpc) is 3.11. The minimum absolute atomic E-state index is 0.0417. The van der Waals surface area contributed by atoms with Gasteiger partial charge in [0, 0.05) is 37.6 Å². The van der Waals surface area contributed by atoms with E-state index in [1.165, 1.54) is 23.1 Å². The highest BCUT2D eigenvalue weighted by molar-refractivity contribution is 7.09. The summed E-state index contributed by atoms with van der Waals surface area (Å²) in [5.41, 5.74) is 0.0417. The van der Waals surface area contributed by atoms with E-state index in [0.717, 1.165) is 32.7 Å². The van der Waals surface area contributed by atoms with Crippen LogP contribution in [-0.4, -0.2) is 54.5 Å². The normalized spacial score (nSPS) is 15.6. The van der Waals surface area contributed by atoms with E-state index in [2.05, 4.69) is 27.0 Å². The second kappa shape index (κ2) is 8.88. The van der Waals surface area contributed by atoms with Crippen molar-refractivity contribution in [3.05, 3.63) is 52.5 Å². The number of anilines is 1. The molecule has 3 rings (SSSR count). The number of hydrogen-bond donors (Lipinski definition) is 2. The van der Waals surface area contributed by atoms with E-state index >= 15 is 0 Å². The molecule has 0 unspecified atom stereocenters. The fourth-order valence-electron chi connectivity index (χ4n) is 2.81. The smallest absolute Gasteiger partial charge is 0.305 e. The number of imide groups is 1. The van der Waals surface area contributed by atoms with E-state index in [1.54, 1.807) is 17.4 Å². The number of para-hydroxylation sites is 1. The van der Waals surface area contributed by atoms with E-state index in [0.29, 0.717) is 0 Å². The molecule has 1 aromatic carbocycles. The van der Waals surface area contributed by atoms with E-state index in [9.17, 15) is 14.0 Å². The highest BCUT2D eigenvalue weighted by atomic mass is 32.1. The molecule has 0 spiro atoms. The van der Waals surface area contributed by atoms with Gasteiger partial charge in [-0.05, 0) is 23.6 Å².